The number of nitrogens with zero attached hydrogens (tertiary/aromatic N) is 2. The Bertz CT molecular complexity index is 1080. The third kappa shape index (κ3) is 4.64. The van der Waals surface area contributed by atoms with Crippen molar-refractivity contribution in [3.63, 3.8) is 0 Å². The molecule has 1 fully saturated rings. The summed E-state index contributed by atoms with van der Waals surface area (Å²) in [6, 6.07) is 14.8. The number of amides is 2. The number of likely N-dealkylation sites (tertiary alicyclic amines) is 1. The van der Waals surface area contributed by atoms with E-state index in [1.54, 1.807) is 32.0 Å². The fourth-order valence-corrected chi connectivity index (χ4v) is 4.34. The Balaban J connectivity index is 1.49. The van der Waals surface area contributed by atoms with Crippen molar-refractivity contribution in [3.8, 4) is 11.8 Å². The van der Waals surface area contributed by atoms with Crippen LogP contribution in [0.25, 0.3) is 0 Å². The molecule has 2 amide bonds. The third-order valence-corrected chi connectivity index (χ3v) is 6.17. The molecule has 0 spiro atoms. The highest BCUT2D eigenvalue weighted by molar-refractivity contribution is 5.86. The van der Waals surface area contributed by atoms with Gasteiger partial charge in [-0.1, -0.05) is 30.3 Å². The Morgan fingerprint density at radius 2 is 2.03 bits per heavy atom. The zero-order chi connectivity index (χ0) is 23.6. The summed E-state index contributed by atoms with van der Waals surface area (Å²) in [5.74, 6) is 0.124. The quantitative estimate of drug-likeness (QED) is 0.742. The second kappa shape index (κ2) is 9.12. The SMILES string of the molecule is CC1(C)Oc2ccc(C#N)cc2[C@H](NC(=O)C2CCCN2C(=O)OCc2ccccc2)[C@H]1O. The molecular weight excluding hydrogens is 422 g/mol. The van der Waals surface area contributed by atoms with Crippen LogP contribution in [0, 0.1) is 11.3 Å². The van der Waals surface area contributed by atoms with Gasteiger partial charge in [0.25, 0.3) is 0 Å². The minimum Gasteiger partial charge on any atom is -0.485 e. The molecular formula is C25H27N3O5. The number of nitrogens with one attached hydrogen (secondary N) is 1. The van der Waals surface area contributed by atoms with Crippen LogP contribution in [0.15, 0.2) is 48.5 Å². The smallest absolute Gasteiger partial charge is 0.410 e. The van der Waals surface area contributed by atoms with E-state index in [0.717, 1.165) is 5.56 Å². The molecule has 8 heteroatoms. The van der Waals surface area contributed by atoms with E-state index < -0.39 is 29.9 Å². The average molecular weight is 450 g/mol. The highest BCUT2D eigenvalue weighted by atomic mass is 16.6. The lowest BCUT2D eigenvalue weighted by Gasteiger charge is -2.42. The Hall–Kier alpha value is -3.57. The molecule has 2 N–H and O–H groups in total. The van der Waals surface area contributed by atoms with Gasteiger partial charge in [0, 0.05) is 12.1 Å². The molecule has 3 atom stereocenters. The molecule has 2 aliphatic heterocycles. The zero-order valence-corrected chi connectivity index (χ0v) is 18.7. The lowest BCUT2D eigenvalue weighted by molar-refractivity contribution is -0.129. The van der Waals surface area contributed by atoms with Crippen LogP contribution in [-0.4, -0.2) is 46.3 Å². The van der Waals surface area contributed by atoms with E-state index in [-0.39, 0.29) is 12.5 Å². The van der Waals surface area contributed by atoms with E-state index >= 15 is 0 Å². The van der Waals surface area contributed by atoms with Crippen LogP contribution in [-0.2, 0) is 16.1 Å². The summed E-state index contributed by atoms with van der Waals surface area (Å²) in [5.41, 5.74) is 0.840. The first-order valence-electron chi connectivity index (χ1n) is 11.0. The highest BCUT2D eigenvalue weighted by Crippen LogP contribution is 2.40. The highest BCUT2D eigenvalue weighted by Gasteiger charge is 2.45. The molecule has 2 aromatic rings. The maximum absolute atomic E-state index is 13.2. The first kappa shape index (κ1) is 22.6. The van der Waals surface area contributed by atoms with E-state index in [1.807, 2.05) is 30.3 Å². The summed E-state index contributed by atoms with van der Waals surface area (Å²) >= 11 is 0. The second-order valence-corrected chi connectivity index (χ2v) is 8.89. The normalized spacial score (nSPS) is 23.1. The molecule has 4 rings (SSSR count). The number of benzene rings is 2. The summed E-state index contributed by atoms with van der Waals surface area (Å²) in [5, 5.41) is 23.1. The summed E-state index contributed by atoms with van der Waals surface area (Å²) in [4.78, 5) is 27.4. The number of ether oxygens (including phenoxy) is 2. The Labute approximate surface area is 192 Å². The number of hydrogen-bond acceptors (Lipinski definition) is 6. The topological polar surface area (TPSA) is 112 Å². The van der Waals surface area contributed by atoms with Gasteiger partial charge in [0.15, 0.2) is 0 Å². The predicted molar refractivity (Wildman–Crippen MR) is 119 cm³/mol. The maximum atomic E-state index is 13.2. The average Bonchev–Trinajstić information content (AvgIpc) is 3.31. The zero-order valence-electron chi connectivity index (χ0n) is 18.7. The Kier molecular flexibility index (Phi) is 6.25. The Morgan fingerprint density at radius 1 is 1.27 bits per heavy atom. The van der Waals surface area contributed by atoms with Crippen LogP contribution in [0.2, 0.25) is 0 Å². The number of rotatable bonds is 4. The molecule has 2 aliphatic rings. The first-order chi connectivity index (χ1) is 15.8. The van der Waals surface area contributed by atoms with Gasteiger partial charge in [-0.3, -0.25) is 9.69 Å². The van der Waals surface area contributed by atoms with Crippen molar-refractivity contribution in [2.75, 3.05) is 6.54 Å². The molecule has 0 bridgehead atoms. The van der Waals surface area contributed by atoms with Gasteiger partial charge in [-0.05, 0) is 50.5 Å². The fourth-order valence-electron chi connectivity index (χ4n) is 4.34. The van der Waals surface area contributed by atoms with Crippen LogP contribution >= 0.6 is 0 Å². The minimum atomic E-state index is -1.05. The monoisotopic (exact) mass is 449 g/mol. The van der Waals surface area contributed by atoms with Crippen LogP contribution in [0.3, 0.4) is 0 Å². The molecule has 2 aromatic carbocycles. The lowest BCUT2D eigenvalue weighted by Crippen LogP contribution is -2.56. The van der Waals surface area contributed by atoms with Gasteiger partial charge in [-0.15, -0.1) is 0 Å². The maximum Gasteiger partial charge on any atom is 0.410 e. The van der Waals surface area contributed by atoms with Crippen molar-refractivity contribution in [2.24, 2.45) is 0 Å². The molecule has 8 nitrogen and oxygen atoms in total. The van der Waals surface area contributed by atoms with E-state index in [0.29, 0.717) is 36.3 Å². The molecule has 0 aliphatic carbocycles. The van der Waals surface area contributed by atoms with E-state index in [9.17, 15) is 20.0 Å². The van der Waals surface area contributed by atoms with Crippen LogP contribution in [0.5, 0.6) is 5.75 Å². The molecule has 172 valence electrons. The van der Waals surface area contributed by atoms with Gasteiger partial charge < -0.3 is 19.9 Å². The third-order valence-electron chi connectivity index (χ3n) is 6.17. The van der Waals surface area contributed by atoms with Crippen molar-refractivity contribution >= 4 is 12.0 Å². The summed E-state index contributed by atoms with van der Waals surface area (Å²) in [6.45, 7) is 4.02. The molecule has 2 heterocycles. The van der Waals surface area contributed by atoms with Crippen molar-refractivity contribution in [1.82, 2.24) is 10.2 Å². The standard InChI is InChI=1S/C25H27N3O5/c1-25(2)22(29)21(18-13-17(14-26)10-11-20(18)33-25)27-23(30)19-9-6-12-28(19)24(31)32-15-16-7-4-3-5-8-16/h3-5,7-8,10-11,13,19,21-22,29H,6,9,12,15H2,1-2H3,(H,27,30)/t19?,21-,22+/m0/s1. The second-order valence-electron chi connectivity index (χ2n) is 8.89. The summed E-state index contributed by atoms with van der Waals surface area (Å²) < 4.78 is 11.3. The van der Waals surface area contributed by atoms with Crippen LogP contribution in [0.4, 0.5) is 4.79 Å². The largest absolute Gasteiger partial charge is 0.485 e. The van der Waals surface area contributed by atoms with Crippen molar-refractivity contribution in [2.45, 2.75) is 57.1 Å². The van der Waals surface area contributed by atoms with Crippen molar-refractivity contribution in [3.05, 3.63) is 65.2 Å². The van der Waals surface area contributed by atoms with Crippen LogP contribution in [0.1, 0.15) is 49.4 Å². The van der Waals surface area contributed by atoms with E-state index in [1.165, 1.54) is 4.90 Å². The number of carbonyl (C=O) groups excluding carboxylic acids is 2. The number of hydrogen-bond donors (Lipinski definition) is 2. The lowest BCUT2D eigenvalue weighted by atomic mass is 9.85. The number of carbonyl (C=O) groups is 2. The van der Waals surface area contributed by atoms with E-state index in [2.05, 4.69) is 11.4 Å². The van der Waals surface area contributed by atoms with Gasteiger partial charge in [0.05, 0.1) is 17.7 Å². The molecule has 1 unspecified atom stereocenters. The number of aliphatic hydroxyl groups excluding tert-OH is 1. The van der Waals surface area contributed by atoms with Crippen molar-refractivity contribution < 1.29 is 24.2 Å². The summed E-state index contributed by atoms with van der Waals surface area (Å²) in [7, 11) is 0. The fraction of sp³-hybridized carbons (Fsp3) is 0.400. The van der Waals surface area contributed by atoms with Crippen LogP contribution < -0.4 is 10.1 Å². The minimum absolute atomic E-state index is 0.127. The molecule has 0 aromatic heterocycles. The van der Waals surface area contributed by atoms with Gasteiger partial charge in [0.1, 0.15) is 30.1 Å². The summed E-state index contributed by atoms with van der Waals surface area (Å²) in [6.07, 6.45) is -0.422. The molecule has 0 saturated carbocycles. The Morgan fingerprint density at radius 3 is 2.76 bits per heavy atom. The molecule has 1 saturated heterocycles. The van der Waals surface area contributed by atoms with E-state index in [4.69, 9.17) is 9.47 Å². The van der Waals surface area contributed by atoms with Gasteiger partial charge in [-0.25, -0.2) is 4.79 Å². The number of aliphatic hydroxyl groups is 1. The molecule has 0 radical (unpaired) electrons. The van der Waals surface area contributed by atoms with Gasteiger partial charge >= 0.3 is 6.09 Å². The first-order valence-corrected chi connectivity index (χ1v) is 11.0. The van der Waals surface area contributed by atoms with Gasteiger partial charge in [0.2, 0.25) is 5.91 Å². The predicted octanol–water partition coefficient (Wildman–Crippen LogP) is 3.05. The number of fused-ring (bicyclic) bond motifs is 1. The molecule has 33 heavy (non-hydrogen) atoms. The number of nitriles is 1. The van der Waals surface area contributed by atoms with Gasteiger partial charge in [-0.2, -0.15) is 5.26 Å². The van der Waals surface area contributed by atoms with Crippen molar-refractivity contribution in [1.29, 1.82) is 5.26 Å².